The number of hydrogen-bond donors (Lipinski definition) is 1. The van der Waals surface area contributed by atoms with Gasteiger partial charge in [-0.15, -0.1) is 0 Å². The van der Waals surface area contributed by atoms with Gasteiger partial charge in [-0.1, -0.05) is 29.8 Å². The average Bonchev–Trinajstić information content (AvgIpc) is 2.82. The summed E-state index contributed by atoms with van der Waals surface area (Å²) in [5.41, 5.74) is 2.65. The molecule has 0 spiro atoms. The summed E-state index contributed by atoms with van der Waals surface area (Å²) in [5.74, 6) is 1.04. The summed E-state index contributed by atoms with van der Waals surface area (Å²) in [6.07, 6.45) is 2.66. The average molecular weight is 229 g/mol. The van der Waals surface area contributed by atoms with Crippen molar-refractivity contribution in [1.82, 2.24) is 5.32 Å². The lowest BCUT2D eigenvalue weighted by Crippen LogP contribution is -2.21. The van der Waals surface area contributed by atoms with Crippen LogP contribution in [0.2, 0.25) is 0 Å². The van der Waals surface area contributed by atoms with E-state index >= 15 is 0 Å². The normalized spacial score (nSPS) is 12.6. The van der Waals surface area contributed by atoms with Gasteiger partial charge in [-0.3, -0.25) is 0 Å². The number of nitrogens with one attached hydrogen (secondary N) is 1. The number of aryl methyl sites for hydroxylation is 1. The van der Waals surface area contributed by atoms with Crippen LogP contribution in [0.1, 0.15) is 29.9 Å². The molecule has 2 heteroatoms. The zero-order valence-electron chi connectivity index (χ0n) is 10.4. The maximum Gasteiger partial charge on any atom is 0.105 e. The van der Waals surface area contributed by atoms with Crippen LogP contribution in [-0.2, 0) is 6.42 Å². The van der Waals surface area contributed by atoms with Crippen molar-refractivity contribution in [2.24, 2.45) is 0 Å². The Hall–Kier alpha value is -1.54. The Balaban J connectivity index is 1.83. The minimum absolute atomic E-state index is 0.380. The molecule has 0 saturated carbocycles. The number of benzene rings is 1. The molecule has 1 aromatic heterocycles. The molecule has 0 aliphatic carbocycles. The van der Waals surface area contributed by atoms with Crippen LogP contribution in [0.4, 0.5) is 0 Å². The molecule has 90 valence electrons. The van der Waals surface area contributed by atoms with E-state index in [0.29, 0.717) is 6.04 Å². The van der Waals surface area contributed by atoms with E-state index in [1.807, 2.05) is 12.1 Å². The monoisotopic (exact) mass is 229 g/mol. The Kier molecular flexibility index (Phi) is 3.99. The summed E-state index contributed by atoms with van der Waals surface area (Å²) in [5, 5.41) is 3.50. The van der Waals surface area contributed by atoms with Crippen LogP contribution < -0.4 is 5.32 Å². The van der Waals surface area contributed by atoms with Crippen molar-refractivity contribution >= 4 is 0 Å². The summed E-state index contributed by atoms with van der Waals surface area (Å²) in [6, 6.07) is 12.9. The van der Waals surface area contributed by atoms with Crippen LogP contribution in [0.15, 0.2) is 47.1 Å². The van der Waals surface area contributed by atoms with Gasteiger partial charge in [-0.25, -0.2) is 0 Å². The fraction of sp³-hybridized carbons (Fsp3) is 0.333. The zero-order chi connectivity index (χ0) is 12.1. The first kappa shape index (κ1) is 11.9. The summed E-state index contributed by atoms with van der Waals surface area (Å²) in [4.78, 5) is 0. The number of rotatable bonds is 5. The zero-order valence-corrected chi connectivity index (χ0v) is 10.4. The maximum atomic E-state index is 5.30. The van der Waals surface area contributed by atoms with Gasteiger partial charge in [0.05, 0.1) is 6.26 Å². The minimum Gasteiger partial charge on any atom is -0.469 e. The highest BCUT2D eigenvalue weighted by Crippen LogP contribution is 2.13. The van der Waals surface area contributed by atoms with Crippen LogP contribution in [0.25, 0.3) is 0 Å². The lowest BCUT2D eigenvalue weighted by Gasteiger charge is -2.14. The van der Waals surface area contributed by atoms with Gasteiger partial charge in [-0.2, -0.15) is 0 Å². The van der Waals surface area contributed by atoms with Crippen molar-refractivity contribution in [3.8, 4) is 0 Å². The highest BCUT2D eigenvalue weighted by atomic mass is 16.3. The molecule has 1 heterocycles. The molecule has 17 heavy (non-hydrogen) atoms. The minimum atomic E-state index is 0.380. The predicted octanol–water partition coefficient (Wildman–Crippen LogP) is 3.48. The molecule has 2 rings (SSSR count). The molecule has 0 amide bonds. The van der Waals surface area contributed by atoms with Crippen molar-refractivity contribution in [3.63, 3.8) is 0 Å². The van der Waals surface area contributed by atoms with Crippen LogP contribution >= 0.6 is 0 Å². The van der Waals surface area contributed by atoms with Crippen molar-refractivity contribution in [2.45, 2.75) is 26.3 Å². The van der Waals surface area contributed by atoms with Gasteiger partial charge >= 0.3 is 0 Å². The molecule has 0 bridgehead atoms. The SMILES string of the molecule is Cc1cccc(C(C)NCCc2ccco2)c1. The van der Waals surface area contributed by atoms with Gasteiger partial charge < -0.3 is 9.73 Å². The lowest BCUT2D eigenvalue weighted by atomic mass is 10.1. The standard InChI is InChI=1S/C15H19NO/c1-12-5-3-6-14(11-12)13(2)16-9-8-15-7-4-10-17-15/h3-7,10-11,13,16H,8-9H2,1-2H3. The molecule has 0 aliphatic heterocycles. The fourth-order valence-corrected chi connectivity index (χ4v) is 1.92. The largest absolute Gasteiger partial charge is 0.469 e. The smallest absolute Gasteiger partial charge is 0.105 e. The van der Waals surface area contributed by atoms with Gasteiger partial charge in [-0.05, 0) is 31.5 Å². The maximum absolute atomic E-state index is 5.30. The Morgan fingerprint density at radius 1 is 1.24 bits per heavy atom. The van der Waals surface area contributed by atoms with E-state index in [4.69, 9.17) is 4.42 Å². The summed E-state index contributed by atoms with van der Waals surface area (Å²) in [6.45, 7) is 5.25. The molecule has 1 N–H and O–H groups in total. The quantitative estimate of drug-likeness (QED) is 0.849. The topological polar surface area (TPSA) is 25.2 Å². The van der Waals surface area contributed by atoms with Crippen molar-refractivity contribution in [3.05, 3.63) is 59.5 Å². The van der Waals surface area contributed by atoms with Gasteiger partial charge in [0, 0.05) is 19.0 Å². The molecule has 1 aromatic carbocycles. The van der Waals surface area contributed by atoms with Crippen LogP contribution in [-0.4, -0.2) is 6.54 Å². The third kappa shape index (κ3) is 3.46. The van der Waals surface area contributed by atoms with Crippen LogP contribution in [0, 0.1) is 6.92 Å². The summed E-state index contributed by atoms with van der Waals surface area (Å²) >= 11 is 0. The van der Waals surface area contributed by atoms with Gasteiger partial charge in [0.1, 0.15) is 5.76 Å². The van der Waals surface area contributed by atoms with E-state index < -0.39 is 0 Å². The number of hydrogen-bond acceptors (Lipinski definition) is 2. The highest BCUT2D eigenvalue weighted by Gasteiger charge is 2.04. The Labute approximate surface area is 103 Å². The molecular formula is C15H19NO. The Bertz CT molecular complexity index is 448. The second kappa shape index (κ2) is 5.69. The van der Waals surface area contributed by atoms with Crippen molar-refractivity contribution < 1.29 is 4.42 Å². The summed E-state index contributed by atoms with van der Waals surface area (Å²) in [7, 11) is 0. The van der Waals surface area contributed by atoms with E-state index in [1.165, 1.54) is 11.1 Å². The van der Waals surface area contributed by atoms with Gasteiger partial charge in [0.25, 0.3) is 0 Å². The van der Waals surface area contributed by atoms with E-state index in [9.17, 15) is 0 Å². The Morgan fingerprint density at radius 2 is 2.12 bits per heavy atom. The molecule has 0 fully saturated rings. The molecule has 0 aliphatic rings. The molecule has 2 aromatic rings. The molecule has 1 atom stereocenters. The van der Waals surface area contributed by atoms with E-state index in [-0.39, 0.29) is 0 Å². The third-order valence-electron chi connectivity index (χ3n) is 2.94. The third-order valence-corrected chi connectivity index (χ3v) is 2.94. The van der Waals surface area contributed by atoms with Crippen LogP contribution in [0.3, 0.4) is 0 Å². The van der Waals surface area contributed by atoms with Crippen LogP contribution in [0.5, 0.6) is 0 Å². The first-order valence-corrected chi connectivity index (χ1v) is 6.08. The highest BCUT2D eigenvalue weighted by molar-refractivity contribution is 5.24. The second-order valence-electron chi connectivity index (χ2n) is 4.42. The van der Waals surface area contributed by atoms with Gasteiger partial charge in [0.2, 0.25) is 0 Å². The van der Waals surface area contributed by atoms with Gasteiger partial charge in [0.15, 0.2) is 0 Å². The molecular weight excluding hydrogens is 210 g/mol. The fourth-order valence-electron chi connectivity index (χ4n) is 1.92. The van der Waals surface area contributed by atoms with Crippen molar-refractivity contribution in [2.75, 3.05) is 6.54 Å². The molecule has 0 radical (unpaired) electrons. The van der Waals surface area contributed by atoms with E-state index in [2.05, 4.69) is 43.4 Å². The molecule has 0 saturated heterocycles. The number of furan rings is 1. The lowest BCUT2D eigenvalue weighted by molar-refractivity contribution is 0.486. The van der Waals surface area contributed by atoms with E-state index in [1.54, 1.807) is 6.26 Å². The predicted molar refractivity (Wildman–Crippen MR) is 70.0 cm³/mol. The Morgan fingerprint density at radius 3 is 2.82 bits per heavy atom. The first-order chi connectivity index (χ1) is 8.25. The van der Waals surface area contributed by atoms with Crippen molar-refractivity contribution in [1.29, 1.82) is 0 Å². The second-order valence-corrected chi connectivity index (χ2v) is 4.42. The summed E-state index contributed by atoms with van der Waals surface area (Å²) < 4.78 is 5.30. The molecule has 1 unspecified atom stereocenters. The molecule has 2 nitrogen and oxygen atoms in total. The van der Waals surface area contributed by atoms with E-state index in [0.717, 1.165) is 18.7 Å². The first-order valence-electron chi connectivity index (χ1n) is 6.08.